The van der Waals surface area contributed by atoms with Crippen LogP contribution in [0, 0.1) is 6.92 Å². The Kier molecular flexibility index (Phi) is 7.11. The van der Waals surface area contributed by atoms with Crippen LogP contribution >= 0.6 is 24.0 Å². The summed E-state index contributed by atoms with van der Waals surface area (Å²) in [6.07, 6.45) is 4.86. The summed E-state index contributed by atoms with van der Waals surface area (Å²) in [6, 6.07) is 7.28. The second kappa shape index (κ2) is 9.79. The zero-order valence-electron chi connectivity index (χ0n) is 17.5. The van der Waals surface area contributed by atoms with Crippen molar-refractivity contribution in [2.24, 2.45) is 0 Å². The van der Waals surface area contributed by atoms with Gasteiger partial charge in [0.2, 0.25) is 0 Å². The number of carboxylic acid groups (broad SMARTS) is 1. The quantitative estimate of drug-likeness (QED) is 0.436. The lowest BCUT2D eigenvalue weighted by molar-refractivity contribution is -0.134. The van der Waals surface area contributed by atoms with E-state index in [9.17, 15) is 9.59 Å². The average molecular weight is 473 g/mol. The minimum atomic E-state index is -0.833. The molecule has 1 amide bonds. The molecule has 1 aliphatic rings. The van der Waals surface area contributed by atoms with Gasteiger partial charge in [0.1, 0.15) is 21.5 Å². The maximum absolute atomic E-state index is 13.2. The fraction of sp³-hybridized carbons (Fsp3) is 0.190. The Morgan fingerprint density at radius 2 is 2.06 bits per heavy atom. The number of carbonyl (C=O) groups excluding carboxylic acids is 1. The molecule has 0 aliphatic carbocycles. The fourth-order valence-corrected chi connectivity index (χ4v) is 3.95. The van der Waals surface area contributed by atoms with E-state index in [1.165, 1.54) is 21.1 Å². The molecular formula is C21H20N4O5S2. The molecule has 0 aromatic carbocycles. The number of rotatable bonds is 4. The molecule has 1 fully saturated rings. The molecule has 0 bridgehead atoms. The molecule has 0 spiro atoms. The van der Waals surface area contributed by atoms with Crippen LogP contribution in [0.5, 0.6) is 0 Å². The minimum Gasteiger partial charge on any atom is -0.481 e. The summed E-state index contributed by atoms with van der Waals surface area (Å²) in [5.74, 6) is 0.0177. The second-order valence-corrected chi connectivity index (χ2v) is 8.48. The normalized spacial score (nSPS) is 14.6. The van der Waals surface area contributed by atoms with E-state index in [4.69, 9.17) is 26.5 Å². The van der Waals surface area contributed by atoms with Crippen LogP contribution in [0.25, 0.3) is 11.7 Å². The lowest BCUT2D eigenvalue weighted by Crippen LogP contribution is -2.23. The molecular weight excluding hydrogens is 452 g/mol. The molecule has 3 aromatic rings. The molecule has 4 rings (SSSR count). The number of furan rings is 1. The van der Waals surface area contributed by atoms with Crippen LogP contribution in [0.1, 0.15) is 23.8 Å². The third-order valence-corrected chi connectivity index (χ3v) is 5.76. The topological polar surface area (TPSA) is 117 Å². The standard InChI is InChI=1S/C19H16N4O3S2.C2H4O2/c1-11-5-6-15-21-16(20-9-12-4-3-7-26-12)13(17(24)23(15)10-11)8-14-18(25)22(2)19(27)28-14;1-2(3)4/h3-8,10,20H,9H2,1-2H3;1H3,(H,3,4). The van der Waals surface area contributed by atoms with E-state index in [0.29, 0.717) is 38.6 Å². The first-order valence-electron chi connectivity index (χ1n) is 9.37. The van der Waals surface area contributed by atoms with Gasteiger partial charge in [0.25, 0.3) is 17.4 Å². The number of pyridine rings is 1. The van der Waals surface area contributed by atoms with Crippen LogP contribution in [0.4, 0.5) is 5.82 Å². The molecule has 1 saturated heterocycles. The van der Waals surface area contributed by atoms with Crippen molar-refractivity contribution in [3.05, 3.63) is 68.9 Å². The molecule has 9 nitrogen and oxygen atoms in total. The van der Waals surface area contributed by atoms with Gasteiger partial charge in [0.05, 0.1) is 23.3 Å². The zero-order valence-corrected chi connectivity index (χ0v) is 19.1. The summed E-state index contributed by atoms with van der Waals surface area (Å²) in [6.45, 7) is 3.34. The lowest BCUT2D eigenvalue weighted by atomic mass is 10.2. The number of thiocarbonyl (C=S) groups is 1. The number of nitrogens with zero attached hydrogens (tertiary/aromatic N) is 3. The van der Waals surface area contributed by atoms with Gasteiger partial charge in [-0.3, -0.25) is 23.7 Å². The number of hydrogen-bond acceptors (Lipinski definition) is 8. The van der Waals surface area contributed by atoms with Gasteiger partial charge >= 0.3 is 0 Å². The molecule has 3 aromatic heterocycles. The number of hydrogen-bond donors (Lipinski definition) is 2. The summed E-state index contributed by atoms with van der Waals surface area (Å²) in [7, 11) is 1.61. The van der Waals surface area contributed by atoms with Crippen LogP contribution in [0.15, 0.2) is 50.8 Å². The third kappa shape index (κ3) is 5.24. The van der Waals surface area contributed by atoms with Crippen molar-refractivity contribution in [3.8, 4) is 0 Å². The van der Waals surface area contributed by atoms with E-state index in [-0.39, 0.29) is 11.5 Å². The molecule has 2 N–H and O–H groups in total. The maximum Gasteiger partial charge on any atom is 0.300 e. The zero-order chi connectivity index (χ0) is 23.4. The molecule has 0 unspecified atom stereocenters. The number of aryl methyl sites for hydroxylation is 1. The Morgan fingerprint density at radius 3 is 2.66 bits per heavy atom. The van der Waals surface area contributed by atoms with Gasteiger partial charge in [0, 0.05) is 20.2 Å². The monoisotopic (exact) mass is 472 g/mol. The first kappa shape index (κ1) is 23.2. The number of aliphatic carboxylic acids is 1. The van der Waals surface area contributed by atoms with Crippen molar-refractivity contribution in [1.29, 1.82) is 0 Å². The fourth-order valence-electron chi connectivity index (χ4n) is 2.78. The van der Waals surface area contributed by atoms with Crippen molar-refractivity contribution in [3.63, 3.8) is 0 Å². The van der Waals surface area contributed by atoms with E-state index < -0.39 is 5.97 Å². The Balaban J connectivity index is 0.000000668. The van der Waals surface area contributed by atoms with Crippen molar-refractivity contribution in [2.45, 2.75) is 20.4 Å². The molecule has 0 radical (unpaired) electrons. The number of aromatic nitrogens is 2. The number of thioether (sulfide) groups is 1. The van der Waals surface area contributed by atoms with Gasteiger partial charge < -0.3 is 14.8 Å². The largest absolute Gasteiger partial charge is 0.481 e. The number of carboxylic acids is 1. The number of carbonyl (C=O) groups is 2. The van der Waals surface area contributed by atoms with E-state index in [2.05, 4.69) is 10.3 Å². The van der Waals surface area contributed by atoms with E-state index in [0.717, 1.165) is 12.5 Å². The predicted molar refractivity (Wildman–Crippen MR) is 126 cm³/mol. The summed E-state index contributed by atoms with van der Waals surface area (Å²) < 4.78 is 7.26. The molecule has 0 saturated carbocycles. The molecule has 4 heterocycles. The second-order valence-electron chi connectivity index (χ2n) is 6.81. The number of amides is 1. The number of anilines is 1. The van der Waals surface area contributed by atoms with Gasteiger partial charge in [-0.2, -0.15) is 0 Å². The van der Waals surface area contributed by atoms with Gasteiger partial charge in [-0.25, -0.2) is 4.98 Å². The lowest BCUT2D eigenvalue weighted by Gasteiger charge is -2.11. The van der Waals surface area contributed by atoms with Crippen LogP contribution in [0.2, 0.25) is 0 Å². The summed E-state index contributed by atoms with van der Waals surface area (Å²) >= 11 is 6.34. The van der Waals surface area contributed by atoms with Crippen LogP contribution < -0.4 is 10.9 Å². The molecule has 1 aliphatic heterocycles. The van der Waals surface area contributed by atoms with E-state index in [1.807, 2.05) is 19.1 Å². The highest BCUT2D eigenvalue weighted by atomic mass is 32.2. The third-order valence-electron chi connectivity index (χ3n) is 4.28. The summed E-state index contributed by atoms with van der Waals surface area (Å²) in [4.78, 5) is 40.9. The van der Waals surface area contributed by atoms with E-state index in [1.54, 1.807) is 37.7 Å². The Labute approximate surface area is 192 Å². The highest BCUT2D eigenvalue weighted by Gasteiger charge is 2.29. The Hall–Kier alpha value is -3.44. The molecule has 166 valence electrons. The maximum atomic E-state index is 13.2. The first-order chi connectivity index (χ1) is 15.2. The Bertz CT molecular complexity index is 1280. The van der Waals surface area contributed by atoms with E-state index >= 15 is 0 Å². The first-order valence-corrected chi connectivity index (χ1v) is 10.6. The van der Waals surface area contributed by atoms with Gasteiger partial charge in [-0.15, -0.1) is 0 Å². The molecule has 32 heavy (non-hydrogen) atoms. The average Bonchev–Trinajstić information content (AvgIpc) is 3.33. The van der Waals surface area contributed by atoms with Crippen molar-refractivity contribution in [1.82, 2.24) is 14.3 Å². The minimum absolute atomic E-state index is 0.235. The van der Waals surface area contributed by atoms with Gasteiger partial charge in [-0.1, -0.05) is 30.0 Å². The highest BCUT2D eigenvalue weighted by Crippen LogP contribution is 2.31. The molecule has 11 heteroatoms. The SMILES string of the molecule is CC(=O)O.Cc1ccc2nc(NCc3ccco3)c(C=C3SC(=S)N(C)C3=O)c(=O)n2c1. The van der Waals surface area contributed by atoms with Gasteiger partial charge in [0.15, 0.2) is 0 Å². The molecule has 0 atom stereocenters. The van der Waals surface area contributed by atoms with Crippen LogP contribution in [-0.4, -0.2) is 42.6 Å². The predicted octanol–water partition coefficient (Wildman–Crippen LogP) is 3.13. The number of fused-ring (bicyclic) bond motifs is 1. The van der Waals surface area contributed by atoms with Crippen LogP contribution in [0.3, 0.4) is 0 Å². The highest BCUT2D eigenvalue weighted by molar-refractivity contribution is 8.26. The van der Waals surface area contributed by atoms with Crippen molar-refractivity contribution in [2.75, 3.05) is 12.4 Å². The smallest absolute Gasteiger partial charge is 0.300 e. The number of likely N-dealkylation sites (N-methyl/N-ethyl adjacent to an activating group) is 1. The summed E-state index contributed by atoms with van der Waals surface area (Å²) in [5, 5.41) is 10.6. The summed E-state index contributed by atoms with van der Waals surface area (Å²) in [5.41, 5.74) is 1.47. The number of nitrogens with one attached hydrogen (secondary N) is 1. The van der Waals surface area contributed by atoms with Gasteiger partial charge in [-0.05, 0) is 36.8 Å². The Morgan fingerprint density at radius 1 is 1.34 bits per heavy atom. The van der Waals surface area contributed by atoms with Crippen molar-refractivity contribution < 1.29 is 19.1 Å². The van der Waals surface area contributed by atoms with Crippen molar-refractivity contribution >= 4 is 57.7 Å². The van der Waals surface area contributed by atoms with Crippen LogP contribution in [-0.2, 0) is 16.1 Å².